The van der Waals surface area contributed by atoms with Gasteiger partial charge in [-0.1, -0.05) is 23.7 Å². The number of aromatic nitrogens is 1. The van der Waals surface area contributed by atoms with Gasteiger partial charge in [0.05, 0.1) is 7.11 Å². The van der Waals surface area contributed by atoms with Crippen molar-refractivity contribution in [1.29, 1.82) is 0 Å². The maximum Gasteiger partial charge on any atom is 0.161 e. The molecule has 0 amide bonds. The number of ether oxygens (including phenoxy) is 2. The Hall–Kier alpha value is -1.82. The van der Waals surface area contributed by atoms with Gasteiger partial charge in [0.15, 0.2) is 11.5 Å². The zero-order valence-electron chi connectivity index (χ0n) is 14.4. The van der Waals surface area contributed by atoms with Crippen molar-refractivity contribution in [2.45, 2.75) is 13.2 Å². The van der Waals surface area contributed by atoms with Gasteiger partial charge < -0.3 is 19.7 Å². The van der Waals surface area contributed by atoms with Crippen LogP contribution in [0.25, 0.3) is 0 Å². The largest absolute Gasteiger partial charge is 0.493 e. The third-order valence-corrected chi connectivity index (χ3v) is 3.70. The quantitative estimate of drug-likeness (QED) is 0.557. The summed E-state index contributed by atoms with van der Waals surface area (Å²) in [5, 5.41) is 3.88. The van der Waals surface area contributed by atoms with Crippen molar-refractivity contribution in [2.24, 2.45) is 0 Å². The van der Waals surface area contributed by atoms with Crippen molar-refractivity contribution < 1.29 is 9.47 Å². The van der Waals surface area contributed by atoms with E-state index in [1.807, 2.05) is 24.3 Å². The molecular formula is C18H24ClN3O2. The lowest BCUT2D eigenvalue weighted by Gasteiger charge is -2.13. The lowest BCUT2D eigenvalue weighted by molar-refractivity contribution is 0.284. The molecular weight excluding hydrogens is 326 g/mol. The van der Waals surface area contributed by atoms with E-state index in [2.05, 4.69) is 29.3 Å². The maximum atomic E-state index is 5.83. The first-order valence-corrected chi connectivity index (χ1v) is 8.22. The van der Waals surface area contributed by atoms with E-state index in [-0.39, 0.29) is 0 Å². The van der Waals surface area contributed by atoms with Crippen LogP contribution in [0.5, 0.6) is 11.5 Å². The first-order chi connectivity index (χ1) is 11.6. The first kappa shape index (κ1) is 18.5. The van der Waals surface area contributed by atoms with Crippen LogP contribution in [-0.2, 0) is 13.2 Å². The van der Waals surface area contributed by atoms with Crippen LogP contribution in [0.15, 0.2) is 36.5 Å². The van der Waals surface area contributed by atoms with Gasteiger partial charge in [-0.2, -0.15) is 0 Å². The summed E-state index contributed by atoms with van der Waals surface area (Å²) in [6.45, 7) is 3.16. The molecule has 1 heterocycles. The minimum absolute atomic E-state index is 0.418. The molecule has 0 aliphatic heterocycles. The average molecular weight is 350 g/mol. The molecule has 0 aliphatic rings. The van der Waals surface area contributed by atoms with Gasteiger partial charge in [-0.15, -0.1) is 0 Å². The van der Waals surface area contributed by atoms with Crippen molar-refractivity contribution in [3.05, 3.63) is 52.8 Å². The lowest BCUT2D eigenvalue weighted by Crippen LogP contribution is -2.26. The summed E-state index contributed by atoms with van der Waals surface area (Å²) in [7, 11) is 5.77. The van der Waals surface area contributed by atoms with E-state index >= 15 is 0 Å². The molecule has 0 saturated carbocycles. The van der Waals surface area contributed by atoms with E-state index in [0.29, 0.717) is 17.5 Å². The molecule has 6 heteroatoms. The normalized spacial score (nSPS) is 10.9. The summed E-state index contributed by atoms with van der Waals surface area (Å²) < 4.78 is 11.3. The molecule has 0 aliphatic carbocycles. The van der Waals surface area contributed by atoms with E-state index in [0.717, 1.165) is 36.5 Å². The van der Waals surface area contributed by atoms with Crippen molar-refractivity contribution in [3.63, 3.8) is 0 Å². The Morgan fingerprint density at radius 3 is 2.58 bits per heavy atom. The lowest BCUT2D eigenvalue weighted by atomic mass is 10.2. The highest BCUT2D eigenvalue weighted by molar-refractivity contribution is 6.29. The predicted molar refractivity (Wildman–Crippen MR) is 96.8 cm³/mol. The van der Waals surface area contributed by atoms with Crippen molar-refractivity contribution in [3.8, 4) is 11.5 Å². The number of nitrogens with one attached hydrogen (secondary N) is 1. The van der Waals surface area contributed by atoms with Crippen LogP contribution in [0.4, 0.5) is 0 Å². The minimum atomic E-state index is 0.418. The third-order valence-electron chi connectivity index (χ3n) is 3.48. The Kier molecular flexibility index (Phi) is 7.31. The van der Waals surface area contributed by atoms with Gasteiger partial charge in [0.1, 0.15) is 11.8 Å². The minimum Gasteiger partial charge on any atom is -0.493 e. The molecule has 24 heavy (non-hydrogen) atoms. The van der Waals surface area contributed by atoms with E-state index in [1.54, 1.807) is 19.4 Å². The summed E-state index contributed by atoms with van der Waals surface area (Å²) in [6, 6.07) is 9.62. The van der Waals surface area contributed by atoms with Crippen molar-refractivity contribution in [2.75, 3.05) is 34.3 Å². The highest BCUT2D eigenvalue weighted by Gasteiger charge is 2.06. The third kappa shape index (κ3) is 6.00. The molecule has 1 aromatic heterocycles. The van der Waals surface area contributed by atoms with Gasteiger partial charge >= 0.3 is 0 Å². The van der Waals surface area contributed by atoms with Crippen LogP contribution < -0.4 is 14.8 Å². The Bertz CT molecular complexity index is 633. The SMILES string of the molecule is COc1cc(CNCCN(C)C)ccc1OCc1ccc(Cl)nc1. The van der Waals surface area contributed by atoms with Crippen molar-refractivity contribution in [1.82, 2.24) is 15.2 Å². The number of hydrogen-bond donors (Lipinski definition) is 1. The number of benzene rings is 1. The molecule has 0 fully saturated rings. The molecule has 1 aromatic carbocycles. The monoisotopic (exact) mass is 349 g/mol. The number of methoxy groups -OCH3 is 1. The highest BCUT2D eigenvalue weighted by Crippen LogP contribution is 2.28. The number of halogens is 1. The summed E-state index contributed by atoms with van der Waals surface area (Å²) in [5.74, 6) is 1.44. The Labute approximate surface area is 148 Å². The molecule has 0 radical (unpaired) electrons. The average Bonchev–Trinajstić information content (AvgIpc) is 2.58. The molecule has 2 aromatic rings. The molecule has 130 valence electrons. The fourth-order valence-corrected chi connectivity index (χ4v) is 2.24. The molecule has 2 rings (SSSR count). The first-order valence-electron chi connectivity index (χ1n) is 7.84. The number of likely N-dealkylation sites (N-methyl/N-ethyl adjacent to an activating group) is 1. The summed E-state index contributed by atoms with van der Waals surface area (Å²) in [5.41, 5.74) is 2.11. The van der Waals surface area contributed by atoms with E-state index in [4.69, 9.17) is 21.1 Å². The Balaban J connectivity index is 1.91. The van der Waals surface area contributed by atoms with Crippen LogP contribution in [0.2, 0.25) is 5.15 Å². The van der Waals surface area contributed by atoms with E-state index < -0.39 is 0 Å². The summed E-state index contributed by atoms with van der Waals surface area (Å²) >= 11 is 5.78. The van der Waals surface area contributed by atoms with Gasteiger partial charge in [0.25, 0.3) is 0 Å². The molecule has 0 unspecified atom stereocenters. The van der Waals surface area contributed by atoms with Crippen molar-refractivity contribution >= 4 is 11.6 Å². The number of nitrogens with zero attached hydrogens (tertiary/aromatic N) is 2. The molecule has 0 spiro atoms. The van der Waals surface area contributed by atoms with Crippen LogP contribution >= 0.6 is 11.6 Å². The smallest absolute Gasteiger partial charge is 0.161 e. The number of hydrogen-bond acceptors (Lipinski definition) is 5. The second kappa shape index (κ2) is 9.47. The molecule has 0 bridgehead atoms. The van der Waals surface area contributed by atoms with E-state index in [1.165, 1.54) is 0 Å². The zero-order chi connectivity index (χ0) is 17.4. The molecule has 5 nitrogen and oxygen atoms in total. The second-order valence-corrected chi connectivity index (χ2v) is 6.13. The van der Waals surface area contributed by atoms with Gasteiger partial charge in [0, 0.05) is 31.4 Å². The molecule has 1 N–H and O–H groups in total. The van der Waals surface area contributed by atoms with Gasteiger partial charge in [-0.05, 0) is 37.9 Å². The van der Waals surface area contributed by atoms with Gasteiger partial charge in [-0.25, -0.2) is 4.98 Å². The standard InChI is InChI=1S/C18H24ClN3O2/c1-22(2)9-8-20-11-14-4-6-16(17(10-14)23-3)24-13-15-5-7-18(19)21-12-15/h4-7,10,12,20H,8-9,11,13H2,1-3H3. The van der Waals surface area contributed by atoms with Gasteiger partial charge in [-0.3, -0.25) is 0 Å². The summed E-state index contributed by atoms with van der Waals surface area (Å²) in [6.07, 6.45) is 1.71. The fourth-order valence-electron chi connectivity index (χ4n) is 2.13. The highest BCUT2D eigenvalue weighted by atomic mass is 35.5. The van der Waals surface area contributed by atoms with Crippen LogP contribution in [-0.4, -0.2) is 44.2 Å². The molecule has 0 atom stereocenters. The Morgan fingerprint density at radius 2 is 1.92 bits per heavy atom. The summed E-state index contributed by atoms with van der Waals surface area (Å²) in [4.78, 5) is 6.19. The maximum absolute atomic E-state index is 5.83. The van der Waals surface area contributed by atoms with Gasteiger partial charge in [0.2, 0.25) is 0 Å². The van der Waals surface area contributed by atoms with Crippen LogP contribution in [0.3, 0.4) is 0 Å². The predicted octanol–water partition coefficient (Wildman–Crippen LogP) is 2.97. The topological polar surface area (TPSA) is 46.6 Å². The molecule has 0 saturated heterocycles. The number of pyridine rings is 1. The zero-order valence-corrected chi connectivity index (χ0v) is 15.1. The van der Waals surface area contributed by atoms with Crippen LogP contribution in [0, 0.1) is 0 Å². The van der Waals surface area contributed by atoms with E-state index in [9.17, 15) is 0 Å². The Morgan fingerprint density at radius 1 is 1.12 bits per heavy atom. The van der Waals surface area contributed by atoms with Crippen LogP contribution in [0.1, 0.15) is 11.1 Å². The number of rotatable bonds is 9. The second-order valence-electron chi connectivity index (χ2n) is 5.74. The fraction of sp³-hybridized carbons (Fsp3) is 0.389.